The molecule has 2 rings (SSSR count). The number of hydrogen-bond donors (Lipinski definition) is 1. The zero-order valence-electron chi connectivity index (χ0n) is 14.5. The lowest BCUT2D eigenvalue weighted by Crippen LogP contribution is -2.41. The van der Waals surface area contributed by atoms with Gasteiger partial charge in [-0.2, -0.15) is 0 Å². The molecule has 0 aliphatic heterocycles. The predicted molar refractivity (Wildman–Crippen MR) is 96.2 cm³/mol. The van der Waals surface area contributed by atoms with Crippen LogP contribution in [-0.4, -0.2) is 18.6 Å². The van der Waals surface area contributed by atoms with Gasteiger partial charge in [-0.3, -0.25) is 4.79 Å². The molecule has 0 unspecified atom stereocenters. The number of methoxy groups -OCH3 is 1. The molecule has 0 radical (unpaired) electrons. The summed E-state index contributed by atoms with van der Waals surface area (Å²) < 4.78 is 11.1. The third-order valence-corrected chi connectivity index (χ3v) is 4.02. The molecule has 0 saturated carbocycles. The lowest BCUT2D eigenvalue weighted by Gasteiger charge is -2.26. The zero-order chi connectivity index (χ0) is 17.4. The fourth-order valence-electron chi connectivity index (χ4n) is 2.42. The van der Waals surface area contributed by atoms with E-state index in [9.17, 15) is 4.79 Å². The number of nitrogens with one attached hydrogen (secondary N) is 1. The Morgan fingerprint density at radius 2 is 1.75 bits per heavy atom. The Hall–Kier alpha value is -2.33. The highest BCUT2D eigenvalue weighted by molar-refractivity contribution is 5.97. The molecule has 1 atom stereocenters. The van der Waals surface area contributed by atoms with E-state index in [1.165, 1.54) is 0 Å². The molecule has 2 aromatic rings. The van der Waals surface area contributed by atoms with Crippen molar-refractivity contribution in [2.75, 3.05) is 12.4 Å². The molecule has 0 aliphatic rings. The largest absolute Gasteiger partial charge is 0.489 e. The molecule has 4 heteroatoms. The molecular formula is C20H25NO3. The number of benzene rings is 2. The number of rotatable bonds is 8. The monoisotopic (exact) mass is 327 g/mol. The summed E-state index contributed by atoms with van der Waals surface area (Å²) in [6.45, 7) is 4.36. The Morgan fingerprint density at radius 3 is 2.33 bits per heavy atom. The van der Waals surface area contributed by atoms with Crippen LogP contribution in [0.25, 0.3) is 0 Å². The molecule has 0 aromatic heterocycles. The van der Waals surface area contributed by atoms with Crippen LogP contribution in [0, 0.1) is 0 Å². The summed E-state index contributed by atoms with van der Waals surface area (Å²) in [5, 5.41) is 2.90. The predicted octanol–water partition coefficient (Wildman–Crippen LogP) is 4.41. The Kier molecular flexibility index (Phi) is 6.38. The van der Waals surface area contributed by atoms with Crippen molar-refractivity contribution in [3.8, 4) is 5.75 Å². The van der Waals surface area contributed by atoms with Gasteiger partial charge in [0.1, 0.15) is 18.0 Å². The van der Waals surface area contributed by atoms with E-state index in [1.54, 1.807) is 7.11 Å². The number of ether oxygens (including phenoxy) is 2. The van der Waals surface area contributed by atoms with E-state index in [4.69, 9.17) is 9.47 Å². The Bertz CT molecular complexity index is 640. The minimum atomic E-state index is -0.808. The summed E-state index contributed by atoms with van der Waals surface area (Å²) in [4.78, 5) is 12.4. The van der Waals surface area contributed by atoms with E-state index in [1.807, 2.05) is 68.4 Å². The Morgan fingerprint density at radius 1 is 1.08 bits per heavy atom. The van der Waals surface area contributed by atoms with Gasteiger partial charge in [-0.25, -0.2) is 0 Å². The number of amides is 1. The minimum absolute atomic E-state index is 0.134. The Balaban J connectivity index is 1.93. The quantitative estimate of drug-likeness (QED) is 0.781. The van der Waals surface area contributed by atoms with Crippen molar-refractivity contribution in [3.63, 3.8) is 0 Å². The second-order valence-electron chi connectivity index (χ2n) is 5.94. The topological polar surface area (TPSA) is 47.6 Å². The second-order valence-corrected chi connectivity index (χ2v) is 5.94. The summed E-state index contributed by atoms with van der Waals surface area (Å²) in [6.07, 6.45) is 1.55. The molecule has 1 amide bonds. The summed E-state index contributed by atoms with van der Waals surface area (Å²) in [6, 6.07) is 17.4. The molecule has 0 aliphatic carbocycles. The van der Waals surface area contributed by atoms with Crippen LogP contribution in [0.1, 0.15) is 32.3 Å². The molecule has 0 bridgehead atoms. The molecule has 0 saturated heterocycles. The van der Waals surface area contributed by atoms with Gasteiger partial charge in [0, 0.05) is 12.8 Å². The summed E-state index contributed by atoms with van der Waals surface area (Å²) in [5.74, 6) is 0.629. The van der Waals surface area contributed by atoms with E-state index < -0.39 is 5.60 Å². The normalized spacial score (nSPS) is 13.1. The first-order valence-electron chi connectivity index (χ1n) is 8.21. The number of carbonyl (C=O) groups excluding carboxylic acids is 1. The highest BCUT2D eigenvalue weighted by Crippen LogP contribution is 2.21. The van der Waals surface area contributed by atoms with E-state index in [0.29, 0.717) is 13.0 Å². The first-order chi connectivity index (χ1) is 11.6. The maximum absolute atomic E-state index is 12.4. The van der Waals surface area contributed by atoms with E-state index >= 15 is 0 Å². The fraction of sp³-hybridized carbons (Fsp3) is 0.350. The van der Waals surface area contributed by atoms with Crippen molar-refractivity contribution < 1.29 is 14.3 Å². The maximum Gasteiger partial charge on any atom is 0.256 e. The first kappa shape index (κ1) is 18.0. The highest BCUT2D eigenvalue weighted by atomic mass is 16.5. The maximum atomic E-state index is 12.4. The number of anilines is 1. The van der Waals surface area contributed by atoms with Crippen LogP contribution in [0.5, 0.6) is 5.75 Å². The van der Waals surface area contributed by atoms with Crippen LogP contribution in [0.3, 0.4) is 0 Å². The Labute approximate surface area is 143 Å². The molecule has 2 aromatic carbocycles. The molecular weight excluding hydrogens is 302 g/mol. The van der Waals surface area contributed by atoms with Gasteiger partial charge in [0.05, 0.1) is 0 Å². The van der Waals surface area contributed by atoms with Crippen LogP contribution in [0.4, 0.5) is 5.69 Å². The van der Waals surface area contributed by atoms with Crippen molar-refractivity contribution in [2.45, 2.75) is 38.9 Å². The van der Waals surface area contributed by atoms with Crippen molar-refractivity contribution in [3.05, 3.63) is 60.2 Å². The van der Waals surface area contributed by atoms with Gasteiger partial charge >= 0.3 is 0 Å². The van der Waals surface area contributed by atoms with Crippen LogP contribution < -0.4 is 10.1 Å². The van der Waals surface area contributed by atoms with Gasteiger partial charge in [-0.15, -0.1) is 0 Å². The molecule has 0 fully saturated rings. The molecule has 128 valence electrons. The van der Waals surface area contributed by atoms with Crippen LogP contribution >= 0.6 is 0 Å². The fourth-order valence-corrected chi connectivity index (χ4v) is 2.42. The average molecular weight is 327 g/mol. The van der Waals surface area contributed by atoms with Crippen LogP contribution in [-0.2, 0) is 16.1 Å². The van der Waals surface area contributed by atoms with Crippen molar-refractivity contribution in [2.24, 2.45) is 0 Å². The molecule has 0 heterocycles. The van der Waals surface area contributed by atoms with Gasteiger partial charge in [0.2, 0.25) is 0 Å². The molecule has 1 N–H and O–H groups in total. The summed E-state index contributed by atoms with van der Waals surface area (Å²) >= 11 is 0. The molecule has 4 nitrogen and oxygen atoms in total. The van der Waals surface area contributed by atoms with Crippen molar-refractivity contribution in [1.82, 2.24) is 0 Å². The highest BCUT2D eigenvalue weighted by Gasteiger charge is 2.31. The van der Waals surface area contributed by atoms with Crippen molar-refractivity contribution >= 4 is 11.6 Å². The van der Waals surface area contributed by atoms with E-state index in [-0.39, 0.29) is 5.91 Å². The van der Waals surface area contributed by atoms with E-state index in [0.717, 1.165) is 23.4 Å². The standard InChI is InChI=1S/C20H25NO3/c1-4-14-20(2,23-3)19(22)21-17-10-12-18(13-11-17)24-15-16-8-6-5-7-9-16/h5-13H,4,14-15H2,1-3H3,(H,21,22)/t20-/m1/s1. The number of hydrogen-bond acceptors (Lipinski definition) is 3. The third-order valence-electron chi connectivity index (χ3n) is 4.02. The minimum Gasteiger partial charge on any atom is -0.489 e. The lowest BCUT2D eigenvalue weighted by molar-refractivity contribution is -0.136. The SMILES string of the molecule is CCC[C@@](C)(OC)C(=O)Nc1ccc(OCc2ccccc2)cc1. The second kappa shape index (κ2) is 8.50. The van der Waals surface area contributed by atoms with Crippen LogP contribution in [0.2, 0.25) is 0 Å². The van der Waals surface area contributed by atoms with Crippen LogP contribution in [0.15, 0.2) is 54.6 Å². The van der Waals surface area contributed by atoms with E-state index in [2.05, 4.69) is 5.32 Å². The smallest absolute Gasteiger partial charge is 0.256 e. The van der Waals surface area contributed by atoms with Gasteiger partial charge in [-0.05, 0) is 43.2 Å². The lowest BCUT2D eigenvalue weighted by atomic mass is 9.99. The average Bonchev–Trinajstić information content (AvgIpc) is 2.62. The zero-order valence-corrected chi connectivity index (χ0v) is 14.5. The van der Waals surface area contributed by atoms with Crippen molar-refractivity contribution in [1.29, 1.82) is 0 Å². The van der Waals surface area contributed by atoms with Gasteiger partial charge < -0.3 is 14.8 Å². The molecule has 24 heavy (non-hydrogen) atoms. The summed E-state index contributed by atoms with van der Waals surface area (Å²) in [7, 11) is 1.57. The van der Waals surface area contributed by atoms with Gasteiger partial charge in [0.15, 0.2) is 0 Å². The third kappa shape index (κ3) is 4.83. The van der Waals surface area contributed by atoms with Gasteiger partial charge in [0.25, 0.3) is 5.91 Å². The molecule has 0 spiro atoms. The number of carbonyl (C=O) groups is 1. The first-order valence-corrected chi connectivity index (χ1v) is 8.21. The summed E-state index contributed by atoms with van der Waals surface area (Å²) in [5.41, 5.74) is 1.04. The van der Waals surface area contributed by atoms with Gasteiger partial charge in [-0.1, -0.05) is 43.7 Å².